The van der Waals surface area contributed by atoms with Gasteiger partial charge in [0.25, 0.3) is 0 Å². The molecule has 5 rings (SSSR count). The maximum absolute atomic E-state index is 16.4. The minimum atomic E-state index is -5.04. The highest BCUT2D eigenvalue weighted by atomic mass is 19.4. The highest BCUT2D eigenvalue weighted by molar-refractivity contribution is 5.96. The van der Waals surface area contributed by atoms with Crippen molar-refractivity contribution < 1.29 is 36.2 Å². The second-order valence-corrected chi connectivity index (χ2v) is 10.6. The Morgan fingerprint density at radius 3 is 2.45 bits per heavy atom. The molecule has 242 valence electrons. The summed E-state index contributed by atoms with van der Waals surface area (Å²) in [6, 6.07) is 0.583. The molecule has 4 N–H and O–H groups in total. The Morgan fingerprint density at radius 2 is 1.75 bits per heavy atom. The van der Waals surface area contributed by atoms with E-state index in [9.17, 15) is 17.6 Å². The summed E-state index contributed by atoms with van der Waals surface area (Å²) in [5, 5.41) is 6.43. The summed E-state index contributed by atoms with van der Waals surface area (Å²) in [6.07, 6.45) is -2.45. The van der Waals surface area contributed by atoms with Gasteiger partial charge in [-0.25, -0.2) is 13.8 Å². The summed E-state index contributed by atoms with van der Waals surface area (Å²) in [5.74, 6) is -2.02. The molecule has 1 aromatic carbocycles. The van der Waals surface area contributed by atoms with E-state index in [1.54, 1.807) is 6.92 Å². The lowest BCUT2D eigenvalue weighted by molar-refractivity contribution is -0.137. The summed E-state index contributed by atoms with van der Waals surface area (Å²) in [4.78, 5) is 13.0. The first-order valence-electron chi connectivity index (χ1n) is 14.9. The number of rotatable bonds is 5. The number of nitrogens with two attached hydrogens (primary N) is 1. The number of nitrogen functional groups attached to an aromatic ring is 1. The second-order valence-electron chi connectivity index (χ2n) is 10.6. The highest BCUT2D eigenvalue weighted by Crippen LogP contribution is 2.44. The Hall–Kier alpha value is -3.52. The first-order valence-corrected chi connectivity index (χ1v) is 14.9. The van der Waals surface area contributed by atoms with Crippen molar-refractivity contribution in [2.45, 2.75) is 65.7 Å². The topological polar surface area (TPSA) is 116 Å². The normalized spacial score (nSPS) is 18.0. The van der Waals surface area contributed by atoms with Crippen LogP contribution in [0.15, 0.2) is 6.07 Å². The molecule has 0 amide bonds. The van der Waals surface area contributed by atoms with Crippen molar-refractivity contribution in [2.75, 3.05) is 50.5 Å². The molecule has 2 aliphatic rings. The van der Waals surface area contributed by atoms with Crippen molar-refractivity contribution in [2.24, 2.45) is 5.92 Å². The minimum Gasteiger partial charge on any atom is -0.474 e. The number of hydrogen-bond donors (Lipinski definition) is 3. The first kappa shape index (κ1) is 33.4. The fourth-order valence-electron chi connectivity index (χ4n) is 5.25. The third kappa shape index (κ3) is 7.40. The van der Waals surface area contributed by atoms with E-state index in [1.165, 1.54) is 0 Å². The molecule has 0 aliphatic carbocycles. The lowest BCUT2D eigenvalue weighted by Gasteiger charge is -2.22. The van der Waals surface area contributed by atoms with E-state index < -0.39 is 52.0 Å². The number of nitrogens with zero attached hydrogens (tertiary/aromatic N) is 3. The predicted molar refractivity (Wildman–Crippen MR) is 158 cm³/mol. The average molecular weight is 627 g/mol. The molecule has 1 fully saturated rings. The van der Waals surface area contributed by atoms with Gasteiger partial charge in [-0.1, -0.05) is 13.8 Å². The molecule has 14 heteroatoms. The van der Waals surface area contributed by atoms with E-state index in [2.05, 4.69) is 25.6 Å². The van der Waals surface area contributed by atoms with E-state index >= 15 is 4.39 Å². The minimum absolute atomic E-state index is 0.0575. The average Bonchev–Trinajstić information content (AvgIpc) is 3.02. The van der Waals surface area contributed by atoms with E-state index in [0.717, 1.165) is 25.8 Å². The molecule has 3 aromatic rings. The van der Waals surface area contributed by atoms with Crippen LogP contribution in [0.4, 0.5) is 33.5 Å². The largest absolute Gasteiger partial charge is 0.474 e. The zero-order valence-electron chi connectivity index (χ0n) is 25.3. The molecule has 2 aromatic heterocycles. The summed E-state index contributed by atoms with van der Waals surface area (Å²) in [5.41, 5.74) is 1.18. The van der Waals surface area contributed by atoms with Crippen LogP contribution in [-0.4, -0.2) is 60.5 Å². The molecule has 0 radical (unpaired) electrons. The van der Waals surface area contributed by atoms with E-state index in [4.69, 9.17) is 19.9 Å². The summed E-state index contributed by atoms with van der Waals surface area (Å²) in [7, 11) is 0. The first-order chi connectivity index (χ1) is 21.0. The summed E-state index contributed by atoms with van der Waals surface area (Å²) < 4.78 is 90.9. The molecule has 44 heavy (non-hydrogen) atoms. The number of hydrogen-bond acceptors (Lipinski definition) is 9. The fourth-order valence-corrected chi connectivity index (χ4v) is 5.25. The van der Waals surface area contributed by atoms with Gasteiger partial charge in [0.05, 0.1) is 24.0 Å². The van der Waals surface area contributed by atoms with Crippen LogP contribution >= 0.6 is 0 Å². The molecule has 1 atom stereocenters. The molecule has 2 aliphatic heterocycles. The van der Waals surface area contributed by atoms with Crippen LogP contribution in [0.25, 0.3) is 22.2 Å². The van der Waals surface area contributed by atoms with Gasteiger partial charge in [-0.05, 0) is 63.6 Å². The SMILES string of the molecule is CC.Cc1c(F)c(N)cc(-c2nc3c4c(nc(OCCC5CCOCC5)nc4c2F)NCCNCCC(C)O3)c1C(F)(F)F. The monoisotopic (exact) mass is 626 g/mol. The van der Waals surface area contributed by atoms with Gasteiger partial charge in [-0.3, -0.25) is 0 Å². The van der Waals surface area contributed by atoms with Gasteiger partial charge < -0.3 is 30.6 Å². The van der Waals surface area contributed by atoms with Gasteiger partial charge in [0, 0.05) is 31.9 Å². The fraction of sp³-hybridized carbons (Fsp3) is 0.567. The number of alkyl halides is 3. The lowest BCUT2D eigenvalue weighted by Crippen LogP contribution is -2.26. The van der Waals surface area contributed by atoms with Crippen molar-refractivity contribution in [3.8, 4) is 23.1 Å². The lowest BCUT2D eigenvalue weighted by atomic mass is 9.96. The molecule has 0 spiro atoms. The number of halogens is 5. The van der Waals surface area contributed by atoms with Crippen LogP contribution < -0.4 is 25.8 Å². The van der Waals surface area contributed by atoms with Gasteiger partial charge in [-0.15, -0.1) is 0 Å². The molecule has 4 heterocycles. The number of nitrogens with one attached hydrogen (secondary N) is 2. The Kier molecular flexibility index (Phi) is 11.0. The smallest absolute Gasteiger partial charge is 0.417 e. The van der Waals surface area contributed by atoms with E-state index in [1.807, 2.05) is 13.8 Å². The molecule has 1 unspecified atom stereocenters. The molecule has 0 saturated carbocycles. The third-order valence-electron chi connectivity index (χ3n) is 7.53. The van der Waals surface area contributed by atoms with Gasteiger partial charge >= 0.3 is 12.2 Å². The second kappa shape index (κ2) is 14.5. The Labute approximate surface area is 253 Å². The Balaban J connectivity index is 0.00000216. The maximum Gasteiger partial charge on any atom is 0.417 e. The quantitative estimate of drug-likeness (QED) is 0.223. The summed E-state index contributed by atoms with van der Waals surface area (Å²) in [6.45, 7) is 9.86. The zero-order valence-corrected chi connectivity index (χ0v) is 25.3. The van der Waals surface area contributed by atoms with Crippen LogP contribution in [0, 0.1) is 24.5 Å². The van der Waals surface area contributed by atoms with Crippen LogP contribution in [0.5, 0.6) is 11.9 Å². The molecule has 1 saturated heterocycles. The third-order valence-corrected chi connectivity index (χ3v) is 7.53. The maximum atomic E-state index is 16.4. The van der Waals surface area contributed by atoms with Gasteiger partial charge in [0.15, 0.2) is 5.82 Å². The van der Waals surface area contributed by atoms with Crippen molar-refractivity contribution in [1.29, 1.82) is 0 Å². The standard InChI is InChI=1S/C28H33F5N6O3.C2H6/c1-14-3-7-35-8-9-36-25-19-24(38-27(39-25)41-12-6-16-4-10-40-11-5-16)22(30)23(37-26(19)42-14)17-13-18(34)21(29)15(2)20(17)28(31,32)33;1-2/h13-14,16,35H,3-12,34H2,1-2H3,(H,36,38,39);1-2H3. The number of anilines is 2. The number of aromatic nitrogens is 3. The van der Waals surface area contributed by atoms with E-state index in [0.29, 0.717) is 51.6 Å². The van der Waals surface area contributed by atoms with Crippen molar-refractivity contribution in [3.63, 3.8) is 0 Å². The molecule has 0 bridgehead atoms. The van der Waals surface area contributed by atoms with Crippen LogP contribution in [0.3, 0.4) is 0 Å². The van der Waals surface area contributed by atoms with Crippen molar-refractivity contribution in [1.82, 2.24) is 20.3 Å². The number of pyridine rings is 1. The Bertz CT molecular complexity index is 1450. The number of ether oxygens (including phenoxy) is 3. The van der Waals surface area contributed by atoms with Crippen molar-refractivity contribution >= 4 is 22.4 Å². The molecule has 9 nitrogen and oxygen atoms in total. The zero-order chi connectivity index (χ0) is 32.0. The number of benzene rings is 1. The Morgan fingerprint density at radius 1 is 1.02 bits per heavy atom. The van der Waals surface area contributed by atoms with Crippen LogP contribution in [-0.2, 0) is 10.9 Å². The van der Waals surface area contributed by atoms with Crippen LogP contribution in [0.2, 0.25) is 0 Å². The predicted octanol–water partition coefficient (Wildman–Crippen LogP) is 6.27. The molecular formula is C30H39F5N6O3. The van der Waals surface area contributed by atoms with Gasteiger partial charge in [0.2, 0.25) is 5.88 Å². The van der Waals surface area contributed by atoms with Gasteiger partial charge in [0.1, 0.15) is 28.2 Å². The van der Waals surface area contributed by atoms with Crippen LogP contribution in [0.1, 0.15) is 57.6 Å². The van der Waals surface area contributed by atoms with E-state index in [-0.39, 0.29) is 35.2 Å². The van der Waals surface area contributed by atoms with Crippen molar-refractivity contribution in [3.05, 3.63) is 28.8 Å². The highest BCUT2D eigenvalue weighted by Gasteiger charge is 2.39. The van der Waals surface area contributed by atoms with Gasteiger partial charge in [-0.2, -0.15) is 23.1 Å². The summed E-state index contributed by atoms with van der Waals surface area (Å²) >= 11 is 0. The molecular weight excluding hydrogens is 587 g/mol.